The topological polar surface area (TPSA) is 55.1 Å². The number of rotatable bonds is 3. The minimum Gasteiger partial charge on any atom is -0.339 e. The molecule has 4 aromatic rings. The molecule has 1 N–H and O–H groups in total. The fraction of sp³-hybridized carbons (Fsp3) is 0.261. The van der Waals surface area contributed by atoms with Crippen LogP contribution >= 0.6 is 0 Å². The zero-order valence-corrected chi connectivity index (χ0v) is 16.9. The number of aromatic nitrogens is 4. The maximum absolute atomic E-state index is 14.8. The highest BCUT2D eigenvalue weighted by molar-refractivity contribution is 5.93. The number of fused-ring (bicyclic) bond motifs is 3. The Bertz CT molecular complexity index is 1410. The van der Waals surface area contributed by atoms with Crippen molar-refractivity contribution in [2.24, 2.45) is 5.41 Å². The monoisotopic (exact) mass is 421 g/mol. The van der Waals surface area contributed by atoms with E-state index in [1.165, 1.54) is 22.6 Å². The number of nitrogens with zero attached hydrogens (tertiary/aromatic N) is 4. The lowest BCUT2D eigenvalue weighted by atomic mass is 10.0. The van der Waals surface area contributed by atoms with Crippen LogP contribution in [-0.2, 0) is 0 Å². The van der Waals surface area contributed by atoms with Crippen LogP contribution in [0.25, 0.3) is 16.7 Å². The molecule has 156 valence electrons. The van der Waals surface area contributed by atoms with Crippen LogP contribution in [0.2, 0.25) is 0 Å². The molecule has 1 aliphatic carbocycles. The molecular formula is C23H18F3N5. The minimum absolute atomic E-state index is 0.0173. The molecule has 0 amide bonds. The lowest BCUT2D eigenvalue weighted by Crippen LogP contribution is -2.04. The molecule has 1 aliphatic rings. The van der Waals surface area contributed by atoms with Gasteiger partial charge in [-0.05, 0) is 56.5 Å². The second-order valence-corrected chi connectivity index (χ2v) is 7.84. The Morgan fingerprint density at radius 1 is 1.13 bits per heavy atom. The summed E-state index contributed by atoms with van der Waals surface area (Å²) in [5.41, 5.74) is 1.21. The molecule has 8 heteroatoms. The summed E-state index contributed by atoms with van der Waals surface area (Å²) in [7, 11) is 0. The summed E-state index contributed by atoms with van der Waals surface area (Å²) < 4.78 is 44.6. The lowest BCUT2D eigenvalue weighted by Gasteiger charge is -2.12. The Morgan fingerprint density at radius 3 is 2.68 bits per heavy atom. The Hall–Kier alpha value is -3.60. The molecule has 5 nitrogen and oxygen atoms in total. The summed E-state index contributed by atoms with van der Waals surface area (Å²) >= 11 is 0. The van der Waals surface area contributed by atoms with E-state index in [9.17, 15) is 13.2 Å². The first kappa shape index (κ1) is 19.4. The standard InChI is InChI=1S/C23H18F3N5/c1-3-23(8-9-23)7-6-14-10-15(24)12-16(11-14)27-21-19-18(5-4-17(25)20(19)26)31-13(2)29-30-22(31)28-21/h4-5,10-12H,3,8-9H2,1-2H3,(H,27,28,30). The highest BCUT2D eigenvalue weighted by atomic mass is 19.2. The van der Waals surface area contributed by atoms with Gasteiger partial charge < -0.3 is 5.32 Å². The highest BCUT2D eigenvalue weighted by Gasteiger charge is 2.38. The van der Waals surface area contributed by atoms with Crippen LogP contribution in [0.3, 0.4) is 0 Å². The van der Waals surface area contributed by atoms with E-state index in [0.717, 1.165) is 25.3 Å². The van der Waals surface area contributed by atoms with E-state index in [2.05, 4.69) is 39.3 Å². The van der Waals surface area contributed by atoms with Crippen molar-refractivity contribution in [3.63, 3.8) is 0 Å². The second-order valence-electron chi connectivity index (χ2n) is 7.84. The molecular weight excluding hydrogens is 403 g/mol. The molecule has 31 heavy (non-hydrogen) atoms. The molecule has 1 fully saturated rings. The van der Waals surface area contributed by atoms with Crippen molar-refractivity contribution in [1.82, 2.24) is 19.6 Å². The average Bonchev–Trinajstić information content (AvgIpc) is 3.44. The first-order chi connectivity index (χ1) is 14.9. The molecule has 5 rings (SSSR count). The highest BCUT2D eigenvalue weighted by Crippen LogP contribution is 2.47. The summed E-state index contributed by atoms with van der Waals surface area (Å²) in [6.45, 7) is 3.78. The van der Waals surface area contributed by atoms with Crippen molar-refractivity contribution in [1.29, 1.82) is 0 Å². The van der Waals surface area contributed by atoms with Gasteiger partial charge in [0.2, 0.25) is 0 Å². The van der Waals surface area contributed by atoms with E-state index in [-0.39, 0.29) is 22.4 Å². The maximum atomic E-state index is 14.8. The van der Waals surface area contributed by atoms with Gasteiger partial charge in [0.1, 0.15) is 17.5 Å². The third kappa shape index (κ3) is 3.36. The van der Waals surface area contributed by atoms with Gasteiger partial charge in [-0.2, -0.15) is 4.98 Å². The third-order valence-electron chi connectivity index (χ3n) is 5.73. The molecule has 2 aromatic carbocycles. The van der Waals surface area contributed by atoms with E-state index in [1.54, 1.807) is 13.0 Å². The summed E-state index contributed by atoms with van der Waals surface area (Å²) in [6.07, 6.45) is 3.06. The Morgan fingerprint density at radius 2 is 1.94 bits per heavy atom. The van der Waals surface area contributed by atoms with Crippen molar-refractivity contribution in [2.45, 2.75) is 33.1 Å². The van der Waals surface area contributed by atoms with E-state index in [0.29, 0.717) is 22.6 Å². The van der Waals surface area contributed by atoms with Crippen LogP contribution in [0.1, 0.15) is 37.6 Å². The zero-order chi connectivity index (χ0) is 21.8. The van der Waals surface area contributed by atoms with Gasteiger partial charge in [-0.15, -0.1) is 10.2 Å². The van der Waals surface area contributed by atoms with Gasteiger partial charge in [-0.25, -0.2) is 13.2 Å². The lowest BCUT2D eigenvalue weighted by molar-refractivity contribution is 0.516. The van der Waals surface area contributed by atoms with E-state index >= 15 is 0 Å². The molecule has 0 bridgehead atoms. The smallest absolute Gasteiger partial charge is 0.257 e. The number of benzene rings is 2. The predicted molar refractivity (Wildman–Crippen MR) is 111 cm³/mol. The molecule has 0 atom stereocenters. The van der Waals surface area contributed by atoms with Crippen LogP contribution in [0, 0.1) is 41.6 Å². The number of anilines is 2. The summed E-state index contributed by atoms with van der Waals surface area (Å²) in [5.74, 6) is 4.44. The molecule has 0 unspecified atom stereocenters. The van der Waals surface area contributed by atoms with Crippen LogP contribution in [0.4, 0.5) is 24.7 Å². The van der Waals surface area contributed by atoms with Gasteiger partial charge in [-0.3, -0.25) is 4.40 Å². The minimum atomic E-state index is -1.06. The zero-order valence-electron chi connectivity index (χ0n) is 16.9. The van der Waals surface area contributed by atoms with Crippen LogP contribution in [0.15, 0.2) is 30.3 Å². The third-order valence-corrected chi connectivity index (χ3v) is 5.73. The molecule has 2 heterocycles. The van der Waals surface area contributed by atoms with Gasteiger partial charge in [0.25, 0.3) is 5.78 Å². The number of aryl methyl sites for hydroxylation is 1. The van der Waals surface area contributed by atoms with Gasteiger partial charge >= 0.3 is 0 Å². The van der Waals surface area contributed by atoms with Crippen LogP contribution < -0.4 is 5.32 Å². The molecule has 2 aromatic heterocycles. The quantitative estimate of drug-likeness (QED) is 0.457. The van der Waals surface area contributed by atoms with E-state index in [1.807, 2.05) is 0 Å². The van der Waals surface area contributed by atoms with Gasteiger partial charge in [-0.1, -0.05) is 18.8 Å². The fourth-order valence-corrected chi connectivity index (χ4v) is 3.70. The largest absolute Gasteiger partial charge is 0.339 e. The Kier molecular flexibility index (Phi) is 4.36. The van der Waals surface area contributed by atoms with Gasteiger partial charge in [0.05, 0.1) is 10.9 Å². The number of hydrogen-bond donors (Lipinski definition) is 1. The van der Waals surface area contributed by atoms with E-state index in [4.69, 9.17) is 0 Å². The number of halogens is 3. The predicted octanol–water partition coefficient (Wildman–Crippen LogP) is 5.29. The number of nitrogens with one attached hydrogen (secondary N) is 1. The van der Waals surface area contributed by atoms with Crippen molar-refractivity contribution < 1.29 is 13.2 Å². The molecule has 0 aliphatic heterocycles. The fourth-order valence-electron chi connectivity index (χ4n) is 3.70. The Balaban J connectivity index is 1.63. The van der Waals surface area contributed by atoms with Crippen molar-refractivity contribution in [3.05, 3.63) is 59.2 Å². The maximum Gasteiger partial charge on any atom is 0.257 e. The van der Waals surface area contributed by atoms with Gasteiger partial charge in [0.15, 0.2) is 11.6 Å². The first-order valence-electron chi connectivity index (χ1n) is 9.99. The molecule has 0 saturated heterocycles. The van der Waals surface area contributed by atoms with Gasteiger partial charge in [0, 0.05) is 16.7 Å². The summed E-state index contributed by atoms with van der Waals surface area (Å²) in [6, 6.07) is 6.73. The molecule has 0 radical (unpaired) electrons. The number of hydrogen-bond acceptors (Lipinski definition) is 4. The average molecular weight is 421 g/mol. The van der Waals surface area contributed by atoms with Crippen molar-refractivity contribution >= 4 is 28.2 Å². The van der Waals surface area contributed by atoms with Crippen molar-refractivity contribution in [3.8, 4) is 11.8 Å². The summed E-state index contributed by atoms with van der Waals surface area (Å²) in [5, 5.41) is 10.8. The SMILES string of the molecule is CCC1(C#Cc2cc(F)cc(Nc3nc4nnc(C)n4c4ccc(F)c(F)c34)c2)CC1. The van der Waals surface area contributed by atoms with E-state index < -0.39 is 17.5 Å². The summed E-state index contributed by atoms with van der Waals surface area (Å²) in [4.78, 5) is 4.30. The van der Waals surface area contributed by atoms with Crippen LogP contribution in [-0.4, -0.2) is 19.6 Å². The molecule has 0 spiro atoms. The first-order valence-corrected chi connectivity index (χ1v) is 9.99. The normalized spacial score (nSPS) is 14.5. The van der Waals surface area contributed by atoms with Crippen LogP contribution in [0.5, 0.6) is 0 Å². The second kappa shape index (κ2) is 6.98. The Labute approximate surface area is 176 Å². The van der Waals surface area contributed by atoms with Crippen molar-refractivity contribution in [2.75, 3.05) is 5.32 Å². The molecule has 1 saturated carbocycles.